The third kappa shape index (κ3) is 3.22. The van der Waals surface area contributed by atoms with Crippen LogP contribution in [0.25, 0.3) is 0 Å². The van der Waals surface area contributed by atoms with Gasteiger partial charge in [0.1, 0.15) is 5.75 Å². The third-order valence-corrected chi connectivity index (χ3v) is 3.51. The van der Waals surface area contributed by atoms with Crippen LogP contribution in [-0.2, 0) is 6.42 Å². The molecule has 0 heterocycles. The number of aromatic hydroxyl groups is 1. The molecule has 0 saturated heterocycles. The molecule has 1 saturated carbocycles. The molecule has 1 aromatic rings. The van der Waals surface area contributed by atoms with Crippen molar-refractivity contribution in [2.45, 2.75) is 38.5 Å². The van der Waals surface area contributed by atoms with E-state index in [0.29, 0.717) is 11.5 Å². The van der Waals surface area contributed by atoms with Gasteiger partial charge in [0.05, 0.1) is 0 Å². The zero-order valence-electron chi connectivity index (χ0n) is 9.98. The van der Waals surface area contributed by atoms with Crippen molar-refractivity contribution in [2.75, 3.05) is 0 Å². The number of primary amides is 1. The van der Waals surface area contributed by atoms with Gasteiger partial charge < -0.3 is 10.8 Å². The molecule has 0 radical (unpaired) electrons. The first-order chi connectivity index (χ1) is 8.15. The number of benzene rings is 1. The molecule has 1 amide bonds. The highest BCUT2D eigenvalue weighted by Gasteiger charge is 2.15. The molecule has 0 spiro atoms. The van der Waals surface area contributed by atoms with E-state index in [9.17, 15) is 9.90 Å². The minimum absolute atomic E-state index is 0.132. The minimum Gasteiger partial charge on any atom is -0.508 e. The molecule has 0 bridgehead atoms. The van der Waals surface area contributed by atoms with E-state index in [-0.39, 0.29) is 5.75 Å². The number of carbonyl (C=O) groups excluding carboxylic acids is 1. The highest BCUT2D eigenvalue weighted by atomic mass is 16.3. The molecular formula is C14H19NO2. The topological polar surface area (TPSA) is 63.3 Å². The van der Waals surface area contributed by atoms with Crippen LogP contribution in [0.3, 0.4) is 0 Å². The van der Waals surface area contributed by atoms with Gasteiger partial charge in [-0.05, 0) is 36.1 Å². The Bertz CT molecular complexity index is 409. The summed E-state index contributed by atoms with van der Waals surface area (Å²) in [6.07, 6.45) is 7.37. The maximum Gasteiger partial charge on any atom is 0.248 e. The normalized spacial score (nSPS) is 16.9. The molecule has 0 atom stereocenters. The first-order valence-electron chi connectivity index (χ1n) is 6.28. The Balaban J connectivity index is 2.11. The quantitative estimate of drug-likeness (QED) is 0.843. The lowest BCUT2D eigenvalue weighted by Gasteiger charge is -2.21. The molecule has 17 heavy (non-hydrogen) atoms. The summed E-state index contributed by atoms with van der Waals surface area (Å²) in [4.78, 5) is 11.1. The molecule has 0 unspecified atom stereocenters. The fourth-order valence-electron chi connectivity index (χ4n) is 2.66. The molecule has 92 valence electrons. The molecule has 1 aliphatic rings. The van der Waals surface area contributed by atoms with E-state index in [2.05, 4.69) is 0 Å². The predicted octanol–water partition coefficient (Wildman–Crippen LogP) is 2.61. The number of nitrogens with two attached hydrogens (primary N) is 1. The van der Waals surface area contributed by atoms with Crippen molar-refractivity contribution in [1.82, 2.24) is 0 Å². The standard InChI is InChI=1S/C14H19NO2/c15-14(17)12-7-11(8-13(16)9-12)6-10-4-2-1-3-5-10/h7-10,16H,1-6H2,(H2,15,17). The smallest absolute Gasteiger partial charge is 0.248 e. The van der Waals surface area contributed by atoms with Gasteiger partial charge in [-0.1, -0.05) is 32.1 Å². The van der Waals surface area contributed by atoms with Crippen LogP contribution < -0.4 is 5.73 Å². The van der Waals surface area contributed by atoms with Gasteiger partial charge in [-0.25, -0.2) is 0 Å². The van der Waals surface area contributed by atoms with Crippen molar-refractivity contribution in [3.63, 3.8) is 0 Å². The molecule has 2 rings (SSSR count). The molecular weight excluding hydrogens is 214 g/mol. The lowest BCUT2D eigenvalue weighted by molar-refractivity contribution is 0.0999. The Morgan fingerprint density at radius 3 is 2.59 bits per heavy atom. The maximum absolute atomic E-state index is 11.1. The molecule has 0 aromatic heterocycles. The fourth-order valence-corrected chi connectivity index (χ4v) is 2.66. The highest BCUT2D eigenvalue weighted by molar-refractivity contribution is 5.93. The SMILES string of the molecule is NC(=O)c1cc(O)cc(CC2CCCCC2)c1. The molecule has 3 N–H and O–H groups in total. The van der Waals surface area contributed by atoms with E-state index in [1.165, 1.54) is 38.2 Å². The fraction of sp³-hybridized carbons (Fsp3) is 0.500. The Kier molecular flexibility index (Phi) is 3.67. The number of phenolic OH excluding ortho intramolecular Hbond substituents is 1. The molecule has 3 heteroatoms. The van der Waals surface area contributed by atoms with Gasteiger partial charge in [0, 0.05) is 5.56 Å². The van der Waals surface area contributed by atoms with Crippen LogP contribution in [0.5, 0.6) is 5.75 Å². The van der Waals surface area contributed by atoms with Crippen LogP contribution in [0.1, 0.15) is 48.0 Å². The number of amides is 1. The van der Waals surface area contributed by atoms with Gasteiger partial charge in [-0.2, -0.15) is 0 Å². The minimum atomic E-state index is -0.481. The second kappa shape index (κ2) is 5.21. The third-order valence-electron chi connectivity index (χ3n) is 3.51. The maximum atomic E-state index is 11.1. The molecule has 0 aliphatic heterocycles. The van der Waals surface area contributed by atoms with Crippen LogP contribution in [-0.4, -0.2) is 11.0 Å². The lowest BCUT2D eigenvalue weighted by Crippen LogP contribution is -2.13. The largest absolute Gasteiger partial charge is 0.508 e. The van der Waals surface area contributed by atoms with Crippen molar-refractivity contribution in [3.05, 3.63) is 29.3 Å². The van der Waals surface area contributed by atoms with Crippen molar-refractivity contribution in [1.29, 1.82) is 0 Å². The number of rotatable bonds is 3. The summed E-state index contributed by atoms with van der Waals surface area (Å²) in [6, 6.07) is 4.96. The first kappa shape index (κ1) is 12.0. The summed E-state index contributed by atoms with van der Waals surface area (Å²) in [5.74, 6) is 0.337. The average molecular weight is 233 g/mol. The number of phenols is 1. The monoisotopic (exact) mass is 233 g/mol. The molecule has 1 aliphatic carbocycles. The Morgan fingerprint density at radius 1 is 1.24 bits per heavy atom. The average Bonchev–Trinajstić information content (AvgIpc) is 2.29. The van der Waals surface area contributed by atoms with Gasteiger partial charge in [0.15, 0.2) is 0 Å². The molecule has 1 aromatic carbocycles. The van der Waals surface area contributed by atoms with E-state index in [0.717, 1.165) is 12.0 Å². The van der Waals surface area contributed by atoms with Gasteiger partial charge in [-0.15, -0.1) is 0 Å². The van der Waals surface area contributed by atoms with Gasteiger partial charge >= 0.3 is 0 Å². The summed E-state index contributed by atoms with van der Waals surface area (Å²) in [6.45, 7) is 0. The number of hydrogen-bond acceptors (Lipinski definition) is 2. The Morgan fingerprint density at radius 2 is 1.94 bits per heavy atom. The second-order valence-electron chi connectivity index (χ2n) is 4.96. The van der Waals surface area contributed by atoms with Crippen LogP contribution in [0, 0.1) is 5.92 Å². The van der Waals surface area contributed by atoms with Gasteiger partial charge in [0.25, 0.3) is 0 Å². The van der Waals surface area contributed by atoms with E-state index in [1.54, 1.807) is 12.1 Å². The van der Waals surface area contributed by atoms with Crippen LogP contribution in [0.4, 0.5) is 0 Å². The van der Waals surface area contributed by atoms with E-state index in [4.69, 9.17) is 5.73 Å². The highest BCUT2D eigenvalue weighted by Crippen LogP contribution is 2.28. The van der Waals surface area contributed by atoms with Gasteiger partial charge in [-0.3, -0.25) is 4.79 Å². The van der Waals surface area contributed by atoms with Gasteiger partial charge in [0.2, 0.25) is 5.91 Å². The van der Waals surface area contributed by atoms with E-state index >= 15 is 0 Å². The number of carbonyl (C=O) groups is 1. The van der Waals surface area contributed by atoms with Crippen molar-refractivity contribution >= 4 is 5.91 Å². The second-order valence-corrected chi connectivity index (χ2v) is 4.96. The summed E-state index contributed by atoms with van der Waals surface area (Å²) >= 11 is 0. The summed E-state index contributed by atoms with van der Waals surface area (Å²) in [5.41, 5.74) is 6.65. The zero-order valence-corrected chi connectivity index (χ0v) is 9.98. The van der Waals surface area contributed by atoms with E-state index < -0.39 is 5.91 Å². The molecule has 1 fully saturated rings. The Hall–Kier alpha value is -1.51. The Labute approximate surface area is 102 Å². The lowest BCUT2D eigenvalue weighted by atomic mass is 9.84. The van der Waals surface area contributed by atoms with Crippen molar-refractivity contribution in [3.8, 4) is 5.75 Å². The first-order valence-corrected chi connectivity index (χ1v) is 6.28. The number of hydrogen-bond donors (Lipinski definition) is 2. The summed E-state index contributed by atoms with van der Waals surface area (Å²) in [7, 11) is 0. The molecule has 3 nitrogen and oxygen atoms in total. The van der Waals surface area contributed by atoms with Crippen LogP contribution in [0.15, 0.2) is 18.2 Å². The van der Waals surface area contributed by atoms with E-state index in [1.807, 2.05) is 0 Å². The summed E-state index contributed by atoms with van der Waals surface area (Å²) < 4.78 is 0. The van der Waals surface area contributed by atoms with Crippen molar-refractivity contribution < 1.29 is 9.90 Å². The van der Waals surface area contributed by atoms with Crippen molar-refractivity contribution in [2.24, 2.45) is 11.7 Å². The zero-order chi connectivity index (χ0) is 12.3. The van der Waals surface area contributed by atoms with Crippen LogP contribution >= 0.6 is 0 Å². The van der Waals surface area contributed by atoms with Crippen LogP contribution in [0.2, 0.25) is 0 Å². The predicted molar refractivity (Wildman–Crippen MR) is 66.9 cm³/mol. The summed E-state index contributed by atoms with van der Waals surface area (Å²) in [5, 5.41) is 9.56.